The summed E-state index contributed by atoms with van der Waals surface area (Å²) in [5, 5.41) is 0. The van der Waals surface area contributed by atoms with Crippen LogP contribution in [0, 0.1) is 0 Å². The van der Waals surface area contributed by atoms with Crippen LogP contribution in [0.2, 0.25) is 0 Å². The number of hydrogen-bond donors (Lipinski definition) is 2. The zero-order valence-corrected chi connectivity index (χ0v) is 12.3. The number of rotatable bonds is 4. The Bertz CT molecular complexity index is 354. The van der Waals surface area contributed by atoms with Crippen molar-refractivity contribution in [1.82, 2.24) is 0 Å². The summed E-state index contributed by atoms with van der Waals surface area (Å²) in [5.41, 5.74) is 1.85. The van der Waals surface area contributed by atoms with Crippen molar-refractivity contribution in [2.75, 3.05) is 4.72 Å². The molecule has 0 aliphatic rings. The average molecular weight is 236 g/mol. The molecule has 0 heterocycles. The second-order valence-electron chi connectivity index (χ2n) is 3.30. The van der Waals surface area contributed by atoms with E-state index in [2.05, 4.69) is 18.6 Å². The van der Waals surface area contributed by atoms with E-state index in [9.17, 15) is 8.42 Å². The molecule has 0 aliphatic heterocycles. The van der Waals surface area contributed by atoms with Gasteiger partial charge in [0, 0.05) is 35.2 Å². The molecule has 15 heavy (non-hydrogen) atoms. The largest absolute Gasteiger partial charge is 0.286 e. The van der Waals surface area contributed by atoms with Crippen LogP contribution < -0.4 is 4.72 Å². The van der Waals surface area contributed by atoms with Gasteiger partial charge in [-0.05, 0) is 30.0 Å². The predicted molar refractivity (Wildman–Crippen MR) is 64.8 cm³/mol. The van der Waals surface area contributed by atoms with Crippen molar-refractivity contribution < 1.29 is 8.42 Å². The molecule has 0 amide bonds. The molecule has 1 aromatic carbocycles. The van der Waals surface area contributed by atoms with Crippen molar-refractivity contribution in [3.63, 3.8) is 0 Å². The summed E-state index contributed by atoms with van der Waals surface area (Å²) in [6, 6.07) is 7.48. The summed E-state index contributed by atoms with van der Waals surface area (Å²) in [4.78, 5) is 0. The Balaban J connectivity index is 0.00000196. The molecule has 79 valence electrons. The van der Waals surface area contributed by atoms with Gasteiger partial charge in [-0.15, -0.1) is 0 Å². The Morgan fingerprint density at radius 2 is 1.80 bits per heavy atom. The minimum atomic E-state index is -2.56. The van der Waals surface area contributed by atoms with Crippen LogP contribution in [0.25, 0.3) is 0 Å². The van der Waals surface area contributed by atoms with Crippen LogP contribution in [0.5, 0.6) is 0 Å². The van der Waals surface area contributed by atoms with Crippen molar-refractivity contribution in [1.29, 1.82) is 0 Å². The van der Waals surface area contributed by atoms with E-state index in [0.29, 0.717) is 11.6 Å². The second kappa shape index (κ2) is 7.28. The van der Waals surface area contributed by atoms with Crippen LogP contribution >= 0.6 is 0 Å². The number of hydrogen-bond acceptors (Lipinski definition) is 2. The number of thiol groups is 1. The number of anilines is 1. The van der Waals surface area contributed by atoms with Crippen LogP contribution in [0.4, 0.5) is 5.69 Å². The smallest absolute Gasteiger partial charge is 0.222 e. The van der Waals surface area contributed by atoms with Gasteiger partial charge in [-0.25, -0.2) is 8.42 Å². The molecule has 1 unspecified atom stereocenters. The Labute approximate surface area is 115 Å². The molecular weight excluding hydrogens is 221 g/mol. The third-order valence-corrected chi connectivity index (χ3v) is 2.75. The molecule has 0 saturated heterocycles. The molecule has 1 aromatic rings. The maximum Gasteiger partial charge on any atom is 0.222 e. The van der Waals surface area contributed by atoms with Gasteiger partial charge >= 0.3 is 0 Å². The zero-order valence-electron chi connectivity index (χ0n) is 9.36. The molecule has 0 aliphatic carbocycles. The van der Waals surface area contributed by atoms with Gasteiger partial charge < -0.3 is 0 Å². The first-order chi connectivity index (χ1) is 6.63. The van der Waals surface area contributed by atoms with Crippen LogP contribution in [0.1, 0.15) is 31.7 Å². The van der Waals surface area contributed by atoms with E-state index in [1.807, 2.05) is 12.1 Å². The monoisotopic (exact) mass is 236 g/mol. The van der Waals surface area contributed by atoms with Gasteiger partial charge in [-0.2, -0.15) is 0 Å². The third-order valence-electron chi connectivity index (χ3n) is 2.31. The molecule has 0 bridgehead atoms. The van der Waals surface area contributed by atoms with Crippen LogP contribution in [-0.4, -0.2) is 38.0 Å². The fourth-order valence-electron chi connectivity index (χ4n) is 1.23. The molecule has 0 spiro atoms. The molecule has 1 atom stereocenters. The van der Waals surface area contributed by atoms with Gasteiger partial charge in [-0.3, -0.25) is 4.72 Å². The topological polar surface area (TPSA) is 46.2 Å². The third kappa shape index (κ3) is 5.02. The minimum absolute atomic E-state index is 0. The van der Waals surface area contributed by atoms with Crippen LogP contribution in [0.3, 0.4) is 0 Å². The number of benzene rings is 1. The average Bonchev–Trinajstić information content (AvgIpc) is 2.17. The summed E-state index contributed by atoms with van der Waals surface area (Å²) >= 11 is 0. The molecular formula is C10H15NNaO2S. The summed E-state index contributed by atoms with van der Waals surface area (Å²) in [7, 11) is -2.56. The summed E-state index contributed by atoms with van der Waals surface area (Å²) < 4.78 is 23.1. The summed E-state index contributed by atoms with van der Waals surface area (Å²) in [5.74, 6) is 0.519. The maximum atomic E-state index is 10.4. The second-order valence-corrected chi connectivity index (χ2v) is 4.04. The van der Waals surface area contributed by atoms with Crippen molar-refractivity contribution >= 4 is 46.1 Å². The molecule has 5 heteroatoms. The van der Waals surface area contributed by atoms with Gasteiger partial charge in [0.1, 0.15) is 0 Å². The zero-order chi connectivity index (χ0) is 10.6. The van der Waals surface area contributed by atoms with E-state index in [1.54, 1.807) is 12.1 Å². The quantitative estimate of drug-likeness (QED) is 0.618. The van der Waals surface area contributed by atoms with Crippen molar-refractivity contribution in [2.45, 2.75) is 26.2 Å². The first-order valence-electron chi connectivity index (χ1n) is 4.64. The van der Waals surface area contributed by atoms with Crippen molar-refractivity contribution in [3.8, 4) is 0 Å². The normalized spacial score (nSPS) is 11.9. The summed E-state index contributed by atoms with van der Waals surface area (Å²) in [6.45, 7) is 4.28. The Morgan fingerprint density at radius 1 is 1.27 bits per heavy atom. The molecule has 0 aromatic heterocycles. The van der Waals surface area contributed by atoms with Gasteiger partial charge in [0.2, 0.25) is 10.9 Å². The maximum absolute atomic E-state index is 10.4. The Hall–Kier alpha value is -0.0300. The van der Waals surface area contributed by atoms with Crippen molar-refractivity contribution in [2.24, 2.45) is 0 Å². The van der Waals surface area contributed by atoms with E-state index < -0.39 is 10.9 Å². The standard InChI is InChI=1S/C10H15NO2S.Na/c1-3-8(2)9-4-6-10(7-5-9)11-14(12)13;/h4-8,14H,3H2,1-2H3,(H,11,12,13);. The van der Waals surface area contributed by atoms with Crippen LogP contribution in [-0.2, 0) is 10.9 Å². The Kier molecular flexibility index (Phi) is 7.26. The number of nitrogens with one attached hydrogen (secondary N) is 1. The van der Waals surface area contributed by atoms with Gasteiger partial charge in [0.15, 0.2) is 0 Å². The molecule has 1 radical (unpaired) electrons. The minimum Gasteiger partial charge on any atom is -0.286 e. The van der Waals surface area contributed by atoms with E-state index in [0.717, 1.165) is 6.42 Å². The molecule has 3 nitrogen and oxygen atoms in total. The molecule has 1 rings (SSSR count). The first kappa shape index (κ1) is 15.0. The van der Waals surface area contributed by atoms with E-state index in [1.165, 1.54) is 5.56 Å². The van der Waals surface area contributed by atoms with E-state index in [4.69, 9.17) is 0 Å². The van der Waals surface area contributed by atoms with E-state index in [-0.39, 0.29) is 29.6 Å². The van der Waals surface area contributed by atoms with Gasteiger partial charge in [-0.1, -0.05) is 26.0 Å². The Morgan fingerprint density at radius 3 is 2.20 bits per heavy atom. The molecule has 0 fully saturated rings. The fourth-order valence-corrected chi connectivity index (χ4v) is 1.59. The van der Waals surface area contributed by atoms with E-state index >= 15 is 0 Å². The van der Waals surface area contributed by atoms with Gasteiger partial charge in [0.05, 0.1) is 0 Å². The van der Waals surface area contributed by atoms with Crippen LogP contribution in [0.15, 0.2) is 24.3 Å². The van der Waals surface area contributed by atoms with Crippen molar-refractivity contribution in [3.05, 3.63) is 29.8 Å². The molecule has 1 N–H and O–H groups in total. The molecule has 0 saturated carbocycles. The summed E-state index contributed by atoms with van der Waals surface area (Å²) in [6.07, 6.45) is 1.09. The van der Waals surface area contributed by atoms with Gasteiger partial charge in [0.25, 0.3) is 0 Å². The fraction of sp³-hybridized carbons (Fsp3) is 0.400. The first-order valence-corrected chi connectivity index (χ1v) is 5.82. The SMILES string of the molecule is CCC(C)c1ccc(N[SH](=O)=O)cc1.[Na]. The predicted octanol–water partition coefficient (Wildman–Crippen LogP) is 1.76.